The van der Waals surface area contributed by atoms with E-state index in [1.807, 2.05) is 0 Å². The molecule has 0 bridgehead atoms. The highest BCUT2D eigenvalue weighted by atomic mass is 79.9. The van der Waals surface area contributed by atoms with Crippen LogP contribution < -0.4 is 5.32 Å². The van der Waals surface area contributed by atoms with E-state index in [1.165, 1.54) is 42.1 Å². The maximum absolute atomic E-state index is 3.78. The number of rotatable bonds is 5. The second kappa shape index (κ2) is 7.44. The van der Waals surface area contributed by atoms with Gasteiger partial charge in [0, 0.05) is 10.5 Å². The van der Waals surface area contributed by atoms with E-state index in [4.69, 9.17) is 0 Å². The summed E-state index contributed by atoms with van der Waals surface area (Å²) in [5.74, 6) is 1.68. The summed E-state index contributed by atoms with van der Waals surface area (Å²) < 4.78 is 1.19. The average molecular weight is 324 g/mol. The maximum Gasteiger partial charge on any atom is 0.0349 e. The fourth-order valence-corrected chi connectivity index (χ4v) is 3.76. The van der Waals surface area contributed by atoms with Gasteiger partial charge in [0.25, 0.3) is 0 Å². The van der Waals surface area contributed by atoms with Crippen LogP contribution in [0.2, 0.25) is 0 Å². The second-order valence-electron chi connectivity index (χ2n) is 6.02. The molecule has 1 aromatic carbocycles. The zero-order valence-electron chi connectivity index (χ0n) is 12.2. The zero-order chi connectivity index (χ0) is 13.7. The molecule has 1 aliphatic rings. The van der Waals surface area contributed by atoms with Crippen molar-refractivity contribution in [3.63, 3.8) is 0 Å². The van der Waals surface area contributed by atoms with Gasteiger partial charge in [0.1, 0.15) is 0 Å². The molecule has 1 aliphatic carbocycles. The molecule has 2 rings (SSSR count). The van der Waals surface area contributed by atoms with Gasteiger partial charge in [-0.15, -0.1) is 0 Å². The Balaban J connectivity index is 2.14. The van der Waals surface area contributed by atoms with Crippen molar-refractivity contribution in [3.8, 4) is 0 Å². The number of hydrogen-bond acceptors (Lipinski definition) is 1. The van der Waals surface area contributed by atoms with Gasteiger partial charge in [-0.3, -0.25) is 0 Å². The Labute approximate surface area is 126 Å². The van der Waals surface area contributed by atoms with Crippen molar-refractivity contribution >= 4 is 15.9 Å². The van der Waals surface area contributed by atoms with Crippen molar-refractivity contribution in [3.05, 3.63) is 34.3 Å². The first-order chi connectivity index (χ1) is 9.20. The van der Waals surface area contributed by atoms with E-state index in [2.05, 4.69) is 59.4 Å². The van der Waals surface area contributed by atoms with E-state index in [9.17, 15) is 0 Å². The molecule has 0 saturated heterocycles. The highest BCUT2D eigenvalue weighted by Crippen LogP contribution is 2.37. The molecule has 0 radical (unpaired) electrons. The van der Waals surface area contributed by atoms with Crippen LogP contribution >= 0.6 is 15.9 Å². The summed E-state index contributed by atoms with van der Waals surface area (Å²) in [6, 6.07) is 9.36. The Kier molecular flexibility index (Phi) is 5.90. The van der Waals surface area contributed by atoms with Gasteiger partial charge in [0.15, 0.2) is 0 Å². The van der Waals surface area contributed by atoms with Gasteiger partial charge in [0.05, 0.1) is 0 Å². The highest BCUT2D eigenvalue weighted by Gasteiger charge is 2.27. The Morgan fingerprint density at radius 1 is 1.37 bits per heavy atom. The number of halogens is 1. The van der Waals surface area contributed by atoms with Crippen LogP contribution in [0.15, 0.2) is 28.7 Å². The quantitative estimate of drug-likeness (QED) is 0.773. The molecule has 1 N–H and O–H groups in total. The van der Waals surface area contributed by atoms with Gasteiger partial charge < -0.3 is 5.32 Å². The van der Waals surface area contributed by atoms with Gasteiger partial charge in [0.2, 0.25) is 0 Å². The summed E-state index contributed by atoms with van der Waals surface area (Å²) in [5.41, 5.74) is 1.45. The molecule has 1 aromatic rings. The number of hydrogen-bond donors (Lipinski definition) is 1. The minimum Gasteiger partial charge on any atom is -0.310 e. The van der Waals surface area contributed by atoms with Crippen LogP contribution in [-0.4, -0.2) is 6.54 Å². The van der Waals surface area contributed by atoms with Crippen LogP contribution in [0, 0.1) is 11.8 Å². The van der Waals surface area contributed by atoms with E-state index in [-0.39, 0.29) is 0 Å². The summed E-state index contributed by atoms with van der Waals surface area (Å²) >= 11 is 3.61. The lowest BCUT2D eigenvalue weighted by atomic mass is 9.76. The smallest absolute Gasteiger partial charge is 0.0349 e. The summed E-state index contributed by atoms with van der Waals surface area (Å²) in [7, 11) is 0. The second-order valence-corrected chi connectivity index (χ2v) is 6.93. The molecule has 0 amide bonds. The summed E-state index contributed by atoms with van der Waals surface area (Å²) in [4.78, 5) is 0. The largest absolute Gasteiger partial charge is 0.310 e. The van der Waals surface area contributed by atoms with Gasteiger partial charge in [-0.25, -0.2) is 0 Å². The summed E-state index contributed by atoms with van der Waals surface area (Å²) in [6.45, 7) is 5.76. The Bertz CT molecular complexity index is 391. The fourth-order valence-electron chi connectivity index (χ4n) is 3.34. The summed E-state index contributed by atoms with van der Waals surface area (Å²) in [5, 5.41) is 3.78. The molecule has 1 fully saturated rings. The molecule has 3 unspecified atom stereocenters. The molecule has 1 nitrogen and oxygen atoms in total. The lowest BCUT2D eigenvalue weighted by Crippen LogP contribution is -2.31. The summed E-state index contributed by atoms with van der Waals surface area (Å²) in [6.07, 6.45) is 6.75. The molecule has 106 valence electrons. The van der Waals surface area contributed by atoms with Crippen LogP contribution in [0.1, 0.15) is 57.6 Å². The molecule has 19 heavy (non-hydrogen) atoms. The van der Waals surface area contributed by atoms with E-state index < -0.39 is 0 Å². The molecule has 2 heteroatoms. The molecule has 1 saturated carbocycles. The van der Waals surface area contributed by atoms with E-state index >= 15 is 0 Å². The third-order valence-electron chi connectivity index (χ3n) is 4.27. The molecule has 0 heterocycles. The van der Waals surface area contributed by atoms with Gasteiger partial charge in [-0.05, 0) is 55.3 Å². The van der Waals surface area contributed by atoms with Crippen molar-refractivity contribution in [1.82, 2.24) is 5.32 Å². The highest BCUT2D eigenvalue weighted by molar-refractivity contribution is 9.10. The van der Waals surface area contributed by atoms with Crippen molar-refractivity contribution in [2.24, 2.45) is 11.8 Å². The fraction of sp³-hybridized carbons (Fsp3) is 0.647. The lowest BCUT2D eigenvalue weighted by molar-refractivity contribution is 0.223. The average Bonchev–Trinajstić information content (AvgIpc) is 2.39. The predicted molar refractivity (Wildman–Crippen MR) is 86.3 cm³/mol. The van der Waals surface area contributed by atoms with E-state index in [1.54, 1.807) is 0 Å². The number of nitrogens with one attached hydrogen (secondary N) is 1. The molecule has 0 spiro atoms. The zero-order valence-corrected chi connectivity index (χ0v) is 13.7. The molecular formula is C17H26BrN. The maximum atomic E-state index is 3.78. The van der Waals surface area contributed by atoms with Crippen molar-refractivity contribution in [2.75, 3.05) is 6.54 Å². The van der Waals surface area contributed by atoms with Crippen LogP contribution in [0.25, 0.3) is 0 Å². The first kappa shape index (κ1) is 15.1. The van der Waals surface area contributed by atoms with E-state index in [0.29, 0.717) is 6.04 Å². The molecule has 0 aromatic heterocycles. The lowest BCUT2D eigenvalue weighted by Gasteiger charge is -2.34. The van der Waals surface area contributed by atoms with Crippen LogP contribution in [0.3, 0.4) is 0 Å². The molecular weight excluding hydrogens is 298 g/mol. The van der Waals surface area contributed by atoms with Crippen LogP contribution in [0.5, 0.6) is 0 Å². The first-order valence-corrected chi connectivity index (χ1v) is 8.49. The van der Waals surface area contributed by atoms with Crippen LogP contribution in [0.4, 0.5) is 0 Å². The van der Waals surface area contributed by atoms with Crippen LogP contribution in [-0.2, 0) is 0 Å². The Morgan fingerprint density at radius 3 is 2.89 bits per heavy atom. The first-order valence-electron chi connectivity index (χ1n) is 7.69. The number of benzene rings is 1. The Morgan fingerprint density at radius 2 is 2.21 bits per heavy atom. The minimum absolute atomic E-state index is 0.528. The Hall–Kier alpha value is -0.340. The third-order valence-corrected chi connectivity index (χ3v) is 4.76. The predicted octanol–water partition coefficient (Wildman–Crippen LogP) is 5.32. The molecule has 3 atom stereocenters. The van der Waals surface area contributed by atoms with Gasteiger partial charge >= 0.3 is 0 Å². The van der Waals surface area contributed by atoms with Crippen molar-refractivity contribution in [1.29, 1.82) is 0 Å². The minimum atomic E-state index is 0.528. The van der Waals surface area contributed by atoms with Crippen molar-refractivity contribution < 1.29 is 0 Å². The monoisotopic (exact) mass is 323 g/mol. The topological polar surface area (TPSA) is 12.0 Å². The normalized spacial score (nSPS) is 25.2. The molecule has 0 aliphatic heterocycles. The van der Waals surface area contributed by atoms with Crippen molar-refractivity contribution in [2.45, 2.75) is 52.0 Å². The standard InChI is InChI=1S/C17H26BrN/c1-3-10-19-17(14-7-4-6-13(2)11-14)15-8-5-9-16(18)12-15/h5,8-9,12-14,17,19H,3-4,6-7,10-11H2,1-2H3. The third kappa shape index (κ3) is 4.32. The van der Waals surface area contributed by atoms with Gasteiger partial charge in [-0.1, -0.05) is 54.8 Å². The van der Waals surface area contributed by atoms with Gasteiger partial charge in [-0.2, -0.15) is 0 Å². The SMILES string of the molecule is CCCNC(c1cccc(Br)c1)C1CCCC(C)C1. The van der Waals surface area contributed by atoms with E-state index in [0.717, 1.165) is 18.4 Å².